The first-order valence-corrected chi connectivity index (χ1v) is 10.8. The molecule has 3 rings (SSSR count). The number of hydrogen-bond acceptors (Lipinski definition) is 4. The lowest BCUT2D eigenvalue weighted by molar-refractivity contribution is -0.144. The van der Waals surface area contributed by atoms with Crippen LogP contribution >= 0.6 is 0 Å². The van der Waals surface area contributed by atoms with E-state index in [1.54, 1.807) is 6.07 Å². The van der Waals surface area contributed by atoms with Crippen LogP contribution < -0.4 is 0 Å². The highest BCUT2D eigenvalue weighted by atomic mass is 16.4. The van der Waals surface area contributed by atoms with Crippen LogP contribution in [0.2, 0.25) is 0 Å². The Morgan fingerprint density at radius 1 is 0.759 bits per heavy atom. The molecule has 1 aromatic carbocycles. The van der Waals surface area contributed by atoms with E-state index in [4.69, 9.17) is 0 Å². The molecule has 0 heterocycles. The molecule has 0 radical (unpaired) electrons. The number of carboxylic acids is 2. The quantitative estimate of drug-likeness (QED) is 0.281. The van der Waals surface area contributed by atoms with Gasteiger partial charge >= 0.3 is 11.9 Å². The zero-order valence-corrected chi connectivity index (χ0v) is 17.0. The summed E-state index contributed by atoms with van der Waals surface area (Å²) >= 11 is 0. The summed E-state index contributed by atoms with van der Waals surface area (Å²) in [5.74, 6) is -1.55. The summed E-state index contributed by atoms with van der Waals surface area (Å²) in [5, 5.41) is 38.6. The van der Waals surface area contributed by atoms with E-state index in [0.717, 1.165) is 76.2 Å². The van der Waals surface area contributed by atoms with Crippen molar-refractivity contribution in [3.8, 4) is 11.5 Å². The Kier molecular flexibility index (Phi) is 6.39. The SMILES string of the molecule is O=C(O)C1(CCCCCc2cc(O)c(O)c(CCCCC3(C(=O)O)CC3)c2)CC1. The molecule has 0 aliphatic heterocycles. The van der Waals surface area contributed by atoms with E-state index < -0.39 is 22.8 Å². The normalized spacial score (nSPS) is 18.3. The van der Waals surface area contributed by atoms with Gasteiger partial charge in [-0.05, 0) is 81.4 Å². The molecule has 160 valence electrons. The van der Waals surface area contributed by atoms with E-state index >= 15 is 0 Å². The van der Waals surface area contributed by atoms with Gasteiger partial charge in [-0.2, -0.15) is 0 Å². The third-order valence-corrected chi connectivity index (χ3v) is 6.82. The number of hydrogen-bond donors (Lipinski definition) is 4. The summed E-state index contributed by atoms with van der Waals surface area (Å²) in [7, 11) is 0. The highest BCUT2D eigenvalue weighted by Gasteiger charge is 2.49. The number of benzene rings is 1. The van der Waals surface area contributed by atoms with Crippen molar-refractivity contribution >= 4 is 11.9 Å². The number of aromatic hydroxyl groups is 2. The van der Waals surface area contributed by atoms with Crippen LogP contribution in [-0.4, -0.2) is 32.4 Å². The monoisotopic (exact) mass is 404 g/mol. The van der Waals surface area contributed by atoms with Gasteiger partial charge in [-0.15, -0.1) is 0 Å². The van der Waals surface area contributed by atoms with Gasteiger partial charge in [0.15, 0.2) is 11.5 Å². The van der Waals surface area contributed by atoms with Gasteiger partial charge in [-0.1, -0.05) is 25.3 Å². The Morgan fingerprint density at radius 3 is 1.79 bits per heavy atom. The first-order chi connectivity index (χ1) is 13.8. The van der Waals surface area contributed by atoms with E-state index in [9.17, 15) is 30.0 Å². The van der Waals surface area contributed by atoms with Crippen LogP contribution in [0.5, 0.6) is 11.5 Å². The second-order valence-corrected chi connectivity index (χ2v) is 9.06. The second-order valence-electron chi connectivity index (χ2n) is 9.06. The summed E-state index contributed by atoms with van der Waals surface area (Å²) in [4.78, 5) is 22.4. The van der Waals surface area contributed by atoms with Crippen molar-refractivity contribution in [3.05, 3.63) is 23.3 Å². The van der Waals surface area contributed by atoms with Gasteiger partial charge in [-0.25, -0.2) is 0 Å². The maximum Gasteiger partial charge on any atom is 0.309 e. The lowest BCUT2D eigenvalue weighted by Crippen LogP contribution is -2.14. The molecule has 6 nitrogen and oxygen atoms in total. The van der Waals surface area contributed by atoms with Crippen molar-refractivity contribution < 1.29 is 30.0 Å². The summed E-state index contributed by atoms with van der Waals surface area (Å²) in [5.41, 5.74) is 0.719. The highest BCUT2D eigenvalue weighted by Crippen LogP contribution is 2.51. The van der Waals surface area contributed by atoms with E-state index in [2.05, 4.69) is 0 Å². The van der Waals surface area contributed by atoms with E-state index in [-0.39, 0.29) is 11.5 Å². The topological polar surface area (TPSA) is 115 Å². The standard InChI is InChI=1S/C23H32O6/c24-18-15-16(6-2-1-4-8-22(10-11-22)20(26)27)14-17(19(18)25)7-3-5-9-23(12-13-23)21(28)29/h14-15,24-25H,1-13H2,(H,26,27)(H,28,29). The zero-order valence-electron chi connectivity index (χ0n) is 17.0. The summed E-state index contributed by atoms with van der Waals surface area (Å²) < 4.78 is 0. The highest BCUT2D eigenvalue weighted by molar-refractivity contribution is 5.78. The first kappa shape index (κ1) is 21.5. The minimum atomic E-state index is -0.698. The van der Waals surface area contributed by atoms with Crippen LogP contribution in [0.4, 0.5) is 0 Å². The van der Waals surface area contributed by atoms with Crippen LogP contribution in [0.25, 0.3) is 0 Å². The molecule has 0 atom stereocenters. The number of aryl methyl sites for hydroxylation is 2. The number of phenols is 2. The van der Waals surface area contributed by atoms with Crippen LogP contribution in [0.15, 0.2) is 12.1 Å². The predicted octanol–water partition coefficient (Wildman–Crippen LogP) is 4.64. The maximum absolute atomic E-state index is 11.2. The third-order valence-electron chi connectivity index (χ3n) is 6.82. The molecule has 29 heavy (non-hydrogen) atoms. The average molecular weight is 405 g/mol. The van der Waals surface area contributed by atoms with E-state index in [1.165, 1.54) is 0 Å². The molecule has 0 bridgehead atoms. The molecule has 0 unspecified atom stereocenters. The Morgan fingerprint density at radius 2 is 1.28 bits per heavy atom. The molecule has 2 aliphatic rings. The van der Waals surface area contributed by atoms with Gasteiger partial charge in [0, 0.05) is 0 Å². The summed E-state index contributed by atoms with van der Waals surface area (Å²) in [6.07, 6.45) is 10.3. The van der Waals surface area contributed by atoms with Gasteiger partial charge in [0.05, 0.1) is 10.8 Å². The lowest BCUT2D eigenvalue weighted by Gasteiger charge is -2.12. The van der Waals surface area contributed by atoms with Crippen LogP contribution in [0.1, 0.15) is 81.8 Å². The Labute approximate surface area is 171 Å². The van der Waals surface area contributed by atoms with Gasteiger partial charge in [-0.3, -0.25) is 9.59 Å². The summed E-state index contributed by atoms with van der Waals surface area (Å²) in [6.45, 7) is 0. The maximum atomic E-state index is 11.2. The molecule has 0 spiro atoms. The minimum absolute atomic E-state index is 0.0785. The Bertz CT molecular complexity index is 761. The predicted molar refractivity (Wildman–Crippen MR) is 108 cm³/mol. The molecule has 0 saturated heterocycles. The van der Waals surface area contributed by atoms with Gasteiger partial charge in [0.1, 0.15) is 0 Å². The average Bonchev–Trinajstić information content (AvgIpc) is 3.57. The molecule has 2 aliphatic carbocycles. The van der Waals surface area contributed by atoms with Crippen LogP contribution in [0.3, 0.4) is 0 Å². The number of unbranched alkanes of at least 4 members (excludes halogenated alkanes) is 3. The zero-order chi connectivity index (χ0) is 21.1. The molecule has 6 heteroatoms. The first-order valence-electron chi connectivity index (χ1n) is 10.8. The van der Waals surface area contributed by atoms with Crippen molar-refractivity contribution in [3.63, 3.8) is 0 Å². The smallest absolute Gasteiger partial charge is 0.309 e. The molecule has 0 aromatic heterocycles. The van der Waals surface area contributed by atoms with E-state index in [0.29, 0.717) is 18.4 Å². The van der Waals surface area contributed by atoms with Crippen molar-refractivity contribution in [1.29, 1.82) is 0 Å². The number of aliphatic carboxylic acids is 2. The van der Waals surface area contributed by atoms with Crippen molar-refractivity contribution in [1.82, 2.24) is 0 Å². The minimum Gasteiger partial charge on any atom is -0.504 e. The second kappa shape index (κ2) is 8.64. The molecule has 4 N–H and O–H groups in total. The fourth-order valence-electron chi connectivity index (χ4n) is 4.27. The van der Waals surface area contributed by atoms with Gasteiger partial charge in [0.2, 0.25) is 0 Å². The molecule has 1 aromatic rings. The molecule has 2 saturated carbocycles. The summed E-state index contributed by atoms with van der Waals surface area (Å²) in [6, 6.07) is 3.53. The third kappa shape index (κ3) is 5.22. The number of carbonyl (C=O) groups is 2. The van der Waals surface area contributed by atoms with Crippen molar-refractivity contribution in [2.45, 2.75) is 83.5 Å². The molecule has 0 amide bonds. The Hall–Kier alpha value is -2.24. The number of rotatable bonds is 13. The number of carboxylic acid groups (broad SMARTS) is 2. The van der Waals surface area contributed by atoms with Gasteiger partial charge in [0.25, 0.3) is 0 Å². The Balaban J connectivity index is 1.42. The van der Waals surface area contributed by atoms with Crippen LogP contribution in [-0.2, 0) is 22.4 Å². The van der Waals surface area contributed by atoms with Crippen molar-refractivity contribution in [2.75, 3.05) is 0 Å². The fourth-order valence-corrected chi connectivity index (χ4v) is 4.27. The van der Waals surface area contributed by atoms with Crippen LogP contribution in [0, 0.1) is 10.8 Å². The van der Waals surface area contributed by atoms with E-state index in [1.807, 2.05) is 6.07 Å². The molecule has 2 fully saturated rings. The largest absolute Gasteiger partial charge is 0.504 e. The molecular formula is C23H32O6. The van der Waals surface area contributed by atoms with Gasteiger partial charge < -0.3 is 20.4 Å². The van der Waals surface area contributed by atoms with Crippen molar-refractivity contribution in [2.24, 2.45) is 10.8 Å². The fraction of sp³-hybridized carbons (Fsp3) is 0.652. The molecular weight excluding hydrogens is 372 g/mol. The lowest BCUT2D eigenvalue weighted by atomic mass is 9.95. The number of phenolic OH excluding ortho intramolecular Hbond substituents is 2.